The standard InChI is InChI=1S/C12H15Cl2NO3S/c1-2-3-12(16)7-15(8-12)19(17,18)11-5-9(13)4-10(14)6-11/h4-6,16H,2-3,7-8H2,1H3. The Bertz CT molecular complexity index is 562. The molecule has 19 heavy (non-hydrogen) atoms. The van der Waals surface area contributed by atoms with Crippen molar-refractivity contribution in [2.24, 2.45) is 0 Å². The molecule has 1 heterocycles. The number of halogens is 2. The zero-order chi connectivity index (χ0) is 14.3. The monoisotopic (exact) mass is 323 g/mol. The fourth-order valence-electron chi connectivity index (χ4n) is 2.23. The molecule has 0 atom stereocenters. The van der Waals surface area contributed by atoms with Crippen LogP contribution in [0.3, 0.4) is 0 Å². The van der Waals surface area contributed by atoms with E-state index < -0.39 is 15.6 Å². The van der Waals surface area contributed by atoms with Crippen LogP contribution in [0.15, 0.2) is 23.1 Å². The molecule has 1 N–H and O–H groups in total. The lowest BCUT2D eigenvalue weighted by atomic mass is 9.92. The van der Waals surface area contributed by atoms with Crippen LogP contribution >= 0.6 is 23.2 Å². The van der Waals surface area contributed by atoms with Gasteiger partial charge in [-0.25, -0.2) is 8.42 Å². The second kappa shape index (κ2) is 5.22. The first-order valence-corrected chi connectivity index (χ1v) is 8.15. The molecule has 1 saturated heterocycles. The number of nitrogens with zero attached hydrogens (tertiary/aromatic N) is 1. The van der Waals surface area contributed by atoms with Crippen molar-refractivity contribution in [2.45, 2.75) is 30.3 Å². The summed E-state index contributed by atoms with van der Waals surface area (Å²) in [7, 11) is -3.63. The number of aliphatic hydroxyl groups is 1. The lowest BCUT2D eigenvalue weighted by molar-refractivity contribution is -0.0653. The molecular weight excluding hydrogens is 309 g/mol. The van der Waals surface area contributed by atoms with E-state index in [0.29, 0.717) is 6.42 Å². The van der Waals surface area contributed by atoms with E-state index in [4.69, 9.17) is 23.2 Å². The van der Waals surface area contributed by atoms with E-state index in [1.165, 1.54) is 22.5 Å². The van der Waals surface area contributed by atoms with Gasteiger partial charge in [0.05, 0.1) is 10.5 Å². The van der Waals surface area contributed by atoms with Crippen molar-refractivity contribution in [1.29, 1.82) is 0 Å². The summed E-state index contributed by atoms with van der Waals surface area (Å²) in [6.45, 7) is 2.19. The van der Waals surface area contributed by atoms with Gasteiger partial charge in [0.25, 0.3) is 0 Å². The molecule has 0 bridgehead atoms. The van der Waals surface area contributed by atoms with Gasteiger partial charge >= 0.3 is 0 Å². The normalized spacial score (nSPS) is 19.2. The SMILES string of the molecule is CCCC1(O)CN(S(=O)(=O)c2cc(Cl)cc(Cl)c2)C1. The van der Waals surface area contributed by atoms with E-state index in [-0.39, 0.29) is 28.0 Å². The molecule has 106 valence electrons. The molecular formula is C12H15Cl2NO3S. The van der Waals surface area contributed by atoms with Crippen molar-refractivity contribution in [1.82, 2.24) is 4.31 Å². The predicted molar refractivity (Wildman–Crippen MR) is 75.1 cm³/mol. The van der Waals surface area contributed by atoms with E-state index in [9.17, 15) is 13.5 Å². The van der Waals surface area contributed by atoms with Crippen LogP contribution in [-0.2, 0) is 10.0 Å². The summed E-state index contributed by atoms with van der Waals surface area (Å²) >= 11 is 11.6. The minimum absolute atomic E-state index is 0.0588. The van der Waals surface area contributed by atoms with Gasteiger partial charge in [-0.2, -0.15) is 4.31 Å². The Kier molecular flexibility index (Phi) is 4.14. The Balaban J connectivity index is 2.21. The number of sulfonamides is 1. The van der Waals surface area contributed by atoms with Gasteiger partial charge in [0.15, 0.2) is 0 Å². The van der Waals surface area contributed by atoms with E-state index in [1.807, 2.05) is 6.92 Å². The molecule has 1 aliphatic heterocycles. The minimum Gasteiger partial charge on any atom is -0.387 e. The quantitative estimate of drug-likeness (QED) is 0.926. The van der Waals surface area contributed by atoms with Gasteiger partial charge in [-0.3, -0.25) is 0 Å². The Labute approximate surface area is 123 Å². The third kappa shape index (κ3) is 3.06. The van der Waals surface area contributed by atoms with Crippen LogP contribution in [0.1, 0.15) is 19.8 Å². The van der Waals surface area contributed by atoms with E-state index in [0.717, 1.165) is 6.42 Å². The number of rotatable bonds is 4. The Morgan fingerprint density at radius 3 is 2.26 bits per heavy atom. The largest absolute Gasteiger partial charge is 0.387 e. The Morgan fingerprint density at radius 2 is 1.79 bits per heavy atom. The molecule has 0 aliphatic carbocycles. The highest BCUT2D eigenvalue weighted by molar-refractivity contribution is 7.89. The topological polar surface area (TPSA) is 57.6 Å². The van der Waals surface area contributed by atoms with Crippen molar-refractivity contribution >= 4 is 33.2 Å². The van der Waals surface area contributed by atoms with Gasteiger partial charge in [0.1, 0.15) is 0 Å². The van der Waals surface area contributed by atoms with Crippen LogP contribution in [0.5, 0.6) is 0 Å². The first-order valence-electron chi connectivity index (χ1n) is 5.95. The first kappa shape index (κ1) is 15.1. The van der Waals surface area contributed by atoms with Gasteiger partial charge in [-0.05, 0) is 24.6 Å². The molecule has 4 nitrogen and oxygen atoms in total. The highest BCUT2D eigenvalue weighted by atomic mass is 35.5. The van der Waals surface area contributed by atoms with E-state index in [2.05, 4.69) is 0 Å². The van der Waals surface area contributed by atoms with E-state index >= 15 is 0 Å². The van der Waals surface area contributed by atoms with Crippen molar-refractivity contribution in [3.63, 3.8) is 0 Å². The zero-order valence-electron chi connectivity index (χ0n) is 10.4. The fraction of sp³-hybridized carbons (Fsp3) is 0.500. The summed E-state index contributed by atoms with van der Waals surface area (Å²) in [5, 5.41) is 10.6. The van der Waals surface area contributed by atoms with Gasteiger partial charge in [0, 0.05) is 23.1 Å². The Hall–Kier alpha value is -0.330. The average molecular weight is 324 g/mol. The highest BCUT2D eigenvalue weighted by Gasteiger charge is 2.46. The summed E-state index contributed by atoms with van der Waals surface area (Å²) < 4.78 is 25.9. The average Bonchev–Trinajstić information content (AvgIpc) is 2.24. The van der Waals surface area contributed by atoms with E-state index in [1.54, 1.807) is 0 Å². The molecule has 7 heteroatoms. The maximum Gasteiger partial charge on any atom is 0.243 e. The van der Waals surface area contributed by atoms with Crippen LogP contribution in [0, 0.1) is 0 Å². The number of hydrogen-bond acceptors (Lipinski definition) is 3. The lowest BCUT2D eigenvalue weighted by Crippen LogP contribution is -2.63. The number of benzene rings is 1. The molecule has 1 aromatic rings. The molecule has 1 aliphatic rings. The molecule has 0 unspecified atom stereocenters. The summed E-state index contributed by atoms with van der Waals surface area (Å²) in [5.41, 5.74) is -0.899. The lowest BCUT2D eigenvalue weighted by Gasteiger charge is -2.45. The van der Waals surface area contributed by atoms with Crippen LogP contribution in [0.4, 0.5) is 0 Å². The van der Waals surface area contributed by atoms with Crippen LogP contribution in [-0.4, -0.2) is 36.5 Å². The smallest absolute Gasteiger partial charge is 0.243 e. The zero-order valence-corrected chi connectivity index (χ0v) is 12.8. The second-order valence-electron chi connectivity index (χ2n) is 4.85. The number of hydrogen-bond donors (Lipinski definition) is 1. The molecule has 0 radical (unpaired) electrons. The molecule has 0 spiro atoms. The molecule has 1 aromatic carbocycles. The third-order valence-corrected chi connectivity index (χ3v) is 5.34. The van der Waals surface area contributed by atoms with Gasteiger partial charge in [-0.15, -0.1) is 0 Å². The van der Waals surface area contributed by atoms with Crippen molar-refractivity contribution in [2.75, 3.05) is 13.1 Å². The molecule has 1 fully saturated rings. The van der Waals surface area contributed by atoms with Crippen LogP contribution < -0.4 is 0 Å². The maximum atomic E-state index is 12.3. The fourth-order valence-corrected chi connectivity index (χ4v) is 4.56. The van der Waals surface area contributed by atoms with Crippen LogP contribution in [0.25, 0.3) is 0 Å². The predicted octanol–water partition coefficient (Wildman–Crippen LogP) is 2.53. The van der Waals surface area contributed by atoms with Crippen molar-refractivity contribution < 1.29 is 13.5 Å². The summed E-state index contributed by atoms with van der Waals surface area (Å²) in [6, 6.07) is 4.20. The number of β-amino-alcohol motifs (C(OH)–C–C–N with tert-alkyl or cyclic N) is 1. The molecule has 2 rings (SSSR count). The molecule has 0 aromatic heterocycles. The molecule has 0 saturated carbocycles. The van der Waals surface area contributed by atoms with Crippen molar-refractivity contribution in [3.05, 3.63) is 28.2 Å². The Morgan fingerprint density at radius 1 is 1.26 bits per heavy atom. The van der Waals surface area contributed by atoms with Gasteiger partial charge in [0.2, 0.25) is 10.0 Å². The van der Waals surface area contributed by atoms with Gasteiger partial charge in [-0.1, -0.05) is 36.5 Å². The van der Waals surface area contributed by atoms with Gasteiger partial charge < -0.3 is 5.11 Å². The van der Waals surface area contributed by atoms with Crippen LogP contribution in [0.2, 0.25) is 10.0 Å². The minimum atomic E-state index is -3.63. The first-order chi connectivity index (χ1) is 8.77. The third-order valence-electron chi connectivity index (χ3n) is 3.13. The maximum absolute atomic E-state index is 12.3. The summed E-state index contributed by atoms with van der Waals surface area (Å²) in [5.74, 6) is 0. The highest BCUT2D eigenvalue weighted by Crippen LogP contribution is 2.32. The molecule has 0 amide bonds. The summed E-state index contributed by atoms with van der Waals surface area (Å²) in [4.78, 5) is 0.0588. The summed E-state index contributed by atoms with van der Waals surface area (Å²) in [6.07, 6.45) is 1.41. The van der Waals surface area contributed by atoms with Crippen molar-refractivity contribution in [3.8, 4) is 0 Å². The second-order valence-corrected chi connectivity index (χ2v) is 7.66.